The van der Waals surface area contributed by atoms with E-state index in [2.05, 4.69) is 4.98 Å². The fourth-order valence-corrected chi connectivity index (χ4v) is 4.67. The molecular formula is C27H14ClNO5. The van der Waals surface area contributed by atoms with Gasteiger partial charge in [-0.3, -0.25) is 9.59 Å². The molecule has 3 aromatic carbocycles. The maximum atomic E-state index is 13.6. The molecule has 6 rings (SSSR count). The van der Waals surface area contributed by atoms with Crippen LogP contribution in [0.3, 0.4) is 0 Å². The molecule has 2 aromatic heterocycles. The molecular weight excluding hydrogens is 454 g/mol. The first-order valence-corrected chi connectivity index (χ1v) is 10.8. The third-order valence-corrected chi connectivity index (χ3v) is 6.26. The number of nitrogens with one attached hydrogen (secondary N) is 1. The minimum atomic E-state index is -0.842. The lowest BCUT2D eigenvalue weighted by Crippen LogP contribution is -2.21. The number of aromatic hydroxyl groups is 1. The third kappa shape index (κ3) is 2.79. The highest BCUT2D eigenvalue weighted by molar-refractivity contribution is 6.32. The molecule has 0 fully saturated rings. The van der Waals surface area contributed by atoms with Crippen molar-refractivity contribution in [3.63, 3.8) is 0 Å². The van der Waals surface area contributed by atoms with Crippen molar-refractivity contribution in [2.75, 3.05) is 0 Å². The van der Waals surface area contributed by atoms with Gasteiger partial charge in [0.15, 0.2) is 5.78 Å². The van der Waals surface area contributed by atoms with Gasteiger partial charge in [0, 0.05) is 21.7 Å². The number of hydrogen-bond donors (Lipinski definition) is 2. The van der Waals surface area contributed by atoms with Crippen LogP contribution in [0.25, 0.3) is 33.4 Å². The van der Waals surface area contributed by atoms with E-state index in [1.807, 2.05) is 6.07 Å². The predicted molar refractivity (Wildman–Crippen MR) is 128 cm³/mol. The number of rotatable bonds is 2. The minimum absolute atomic E-state index is 0.0199. The van der Waals surface area contributed by atoms with Crippen LogP contribution < -0.4 is 5.63 Å². The Balaban J connectivity index is 1.76. The van der Waals surface area contributed by atoms with Crippen LogP contribution in [-0.2, 0) is 0 Å². The van der Waals surface area contributed by atoms with Gasteiger partial charge in [-0.15, -0.1) is 0 Å². The maximum Gasteiger partial charge on any atom is 0.348 e. The van der Waals surface area contributed by atoms with Crippen molar-refractivity contribution in [3.8, 4) is 28.1 Å². The fraction of sp³-hybridized carbons (Fsp3) is 0. The van der Waals surface area contributed by atoms with E-state index in [9.17, 15) is 19.5 Å². The van der Waals surface area contributed by atoms with Crippen LogP contribution in [0.4, 0.5) is 0 Å². The van der Waals surface area contributed by atoms with Crippen molar-refractivity contribution in [1.82, 2.24) is 4.98 Å². The zero-order valence-corrected chi connectivity index (χ0v) is 18.1. The molecule has 0 aliphatic heterocycles. The van der Waals surface area contributed by atoms with E-state index < -0.39 is 11.4 Å². The molecule has 5 aromatic rings. The number of H-pyrrole nitrogens is 1. The van der Waals surface area contributed by atoms with E-state index >= 15 is 0 Å². The summed E-state index contributed by atoms with van der Waals surface area (Å²) in [6, 6.07) is 20.0. The number of hydrogen-bond acceptors (Lipinski definition) is 5. The number of benzene rings is 3. The Morgan fingerprint density at radius 2 is 1.41 bits per heavy atom. The van der Waals surface area contributed by atoms with Gasteiger partial charge in [0.05, 0.1) is 22.3 Å². The van der Waals surface area contributed by atoms with Crippen molar-refractivity contribution in [3.05, 3.63) is 111 Å². The number of carbonyl (C=O) groups excluding carboxylic acids is 2. The SMILES string of the molecule is O=C1c2ccccc2C(=O)c2c1[nH]c(-c1ccccc1)c2-c1c(O)c2cc(Cl)ccc2oc1=O. The molecule has 164 valence electrons. The number of aromatic nitrogens is 1. The maximum absolute atomic E-state index is 13.6. The van der Waals surface area contributed by atoms with Crippen LogP contribution in [0.15, 0.2) is 82.0 Å². The monoisotopic (exact) mass is 467 g/mol. The highest BCUT2D eigenvalue weighted by atomic mass is 35.5. The molecule has 0 saturated heterocycles. The summed E-state index contributed by atoms with van der Waals surface area (Å²) in [6.45, 7) is 0. The van der Waals surface area contributed by atoms with Crippen LogP contribution in [0, 0.1) is 0 Å². The van der Waals surface area contributed by atoms with Gasteiger partial charge in [-0.25, -0.2) is 4.79 Å². The Kier molecular flexibility index (Phi) is 4.34. The van der Waals surface area contributed by atoms with Crippen molar-refractivity contribution >= 4 is 34.1 Å². The van der Waals surface area contributed by atoms with Gasteiger partial charge < -0.3 is 14.5 Å². The van der Waals surface area contributed by atoms with E-state index in [-0.39, 0.29) is 56.0 Å². The van der Waals surface area contributed by atoms with Crippen molar-refractivity contribution in [2.45, 2.75) is 0 Å². The molecule has 6 nitrogen and oxygen atoms in total. The van der Waals surface area contributed by atoms with Gasteiger partial charge in [0.2, 0.25) is 5.78 Å². The summed E-state index contributed by atoms with van der Waals surface area (Å²) in [5.41, 5.74) is 0.759. The van der Waals surface area contributed by atoms with Crippen LogP contribution in [0.5, 0.6) is 5.75 Å². The van der Waals surface area contributed by atoms with Crippen LogP contribution in [0.2, 0.25) is 5.02 Å². The van der Waals surface area contributed by atoms with E-state index in [0.717, 1.165) is 0 Å². The Bertz CT molecular complexity index is 1730. The summed E-state index contributed by atoms with van der Waals surface area (Å²) in [5.74, 6) is -1.18. The largest absolute Gasteiger partial charge is 0.506 e. The Morgan fingerprint density at radius 3 is 2.15 bits per heavy atom. The lowest BCUT2D eigenvalue weighted by Gasteiger charge is -2.15. The number of halogens is 1. The molecule has 1 aliphatic carbocycles. The van der Waals surface area contributed by atoms with Crippen LogP contribution >= 0.6 is 11.6 Å². The summed E-state index contributed by atoms with van der Waals surface area (Å²) in [5, 5.41) is 11.8. The molecule has 0 atom stereocenters. The summed E-state index contributed by atoms with van der Waals surface area (Å²) in [4.78, 5) is 43.2. The average molecular weight is 468 g/mol. The second kappa shape index (κ2) is 7.30. The normalized spacial score (nSPS) is 12.6. The van der Waals surface area contributed by atoms with Crippen LogP contribution in [0.1, 0.15) is 32.0 Å². The third-order valence-electron chi connectivity index (χ3n) is 6.02. The van der Waals surface area contributed by atoms with Gasteiger partial charge >= 0.3 is 5.63 Å². The zero-order valence-electron chi connectivity index (χ0n) is 17.4. The van der Waals surface area contributed by atoms with Gasteiger partial charge in [-0.1, -0.05) is 66.2 Å². The molecule has 0 bridgehead atoms. The minimum Gasteiger partial charge on any atom is -0.506 e. The molecule has 7 heteroatoms. The fourth-order valence-electron chi connectivity index (χ4n) is 4.50. The molecule has 0 amide bonds. The summed E-state index contributed by atoms with van der Waals surface area (Å²) < 4.78 is 5.48. The average Bonchev–Trinajstić information content (AvgIpc) is 3.24. The molecule has 0 radical (unpaired) electrons. The van der Waals surface area contributed by atoms with E-state index in [4.69, 9.17) is 16.0 Å². The molecule has 0 unspecified atom stereocenters. The van der Waals surface area contributed by atoms with Crippen molar-refractivity contribution in [1.29, 1.82) is 0 Å². The lowest BCUT2D eigenvalue weighted by atomic mass is 9.84. The van der Waals surface area contributed by atoms with E-state index in [0.29, 0.717) is 16.3 Å². The molecule has 2 N–H and O–H groups in total. The number of aromatic amines is 1. The second-order valence-electron chi connectivity index (χ2n) is 7.95. The summed E-state index contributed by atoms with van der Waals surface area (Å²) in [6.07, 6.45) is 0. The quantitative estimate of drug-likeness (QED) is 0.323. The summed E-state index contributed by atoms with van der Waals surface area (Å²) >= 11 is 6.11. The molecule has 1 aliphatic rings. The number of ketones is 2. The van der Waals surface area contributed by atoms with Crippen molar-refractivity contribution in [2.24, 2.45) is 0 Å². The first-order valence-electron chi connectivity index (χ1n) is 10.4. The molecule has 0 spiro atoms. The van der Waals surface area contributed by atoms with Gasteiger partial charge in [-0.2, -0.15) is 0 Å². The second-order valence-corrected chi connectivity index (χ2v) is 8.38. The standard InChI is InChI=1S/C27H14ClNO5/c28-14-10-11-18-17(12-14)25(31)21(27(33)34-18)19-20-23(29-22(19)13-6-2-1-3-7-13)26(32)16-9-5-4-8-15(16)24(20)30/h1-12,29,31H. The Morgan fingerprint density at radius 1 is 0.735 bits per heavy atom. The smallest absolute Gasteiger partial charge is 0.348 e. The van der Waals surface area contributed by atoms with Crippen molar-refractivity contribution < 1.29 is 19.1 Å². The highest BCUT2D eigenvalue weighted by Gasteiger charge is 2.37. The van der Waals surface area contributed by atoms with Gasteiger partial charge in [0.25, 0.3) is 0 Å². The van der Waals surface area contributed by atoms with E-state index in [1.165, 1.54) is 12.1 Å². The first-order chi connectivity index (χ1) is 16.5. The lowest BCUT2D eigenvalue weighted by molar-refractivity contribution is 0.0977. The summed E-state index contributed by atoms with van der Waals surface area (Å²) in [7, 11) is 0. The van der Waals surface area contributed by atoms with Crippen LogP contribution in [-0.4, -0.2) is 21.7 Å². The topological polar surface area (TPSA) is 100 Å². The molecule has 34 heavy (non-hydrogen) atoms. The Labute approximate surface area is 197 Å². The number of fused-ring (bicyclic) bond motifs is 3. The van der Waals surface area contributed by atoms with Gasteiger partial charge in [0.1, 0.15) is 16.9 Å². The Hall–Kier alpha value is -4.42. The van der Waals surface area contributed by atoms with E-state index in [1.54, 1.807) is 54.6 Å². The molecule has 0 saturated carbocycles. The zero-order chi connectivity index (χ0) is 23.6. The number of carbonyl (C=O) groups is 2. The predicted octanol–water partition coefficient (Wildman–Crippen LogP) is 5.59. The van der Waals surface area contributed by atoms with Gasteiger partial charge in [-0.05, 0) is 23.8 Å². The highest BCUT2D eigenvalue weighted by Crippen LogP contribution is 2.44. The first kappa shape index (κ1) is 20.2. The molecule has 2 heterocycles.